The molecule has 0 saturated heterocycles. The van der Waals surface area contributed by atoms with Gasteiger partial charge in [0.1, 0.15) is 0 Å². The van der Waals surface area contributed by atoms with Crippen LogP contribution in [0.25, 0.3) is 0 Å². The average molecular weight is 314 g/mol. The van der Waals surface area contributed by atoms with Gasteiger partial charge in [-0.2, -0.15) is 13.2 Å². The zero-order valence-corrected chi connectivity index (χ0v) is 13.1. The van der Waals surface area contributed by atoms with E-state index in [2.05, 4.69) is 10.3 Å². The molecule has 114 valence electrons. The lowest BCUT2D eigenvalue weighted by molar-refractivity contribution is -0.137. The van der Waals surface area contributed by atoms with Gasteiger partial charge < -0.3 is 5.32 Å². The van der Waals surface area contributed by atoms with Crippen LogP contribution in [-0.2, 0) is 6.18 Å². The highest BCUT2D eigenvalue weighted by atomic mass is 32.1. The third-order valence-corrected chi connectivity index (χ3v) is 4.53. The van der Waals surface area contributed by atoms with Crippen LogP contribution in [-0.4, -0.2) is 4.98 Å². The molecule has 2 nitrogen and oxygen atoms in total. The quantitative estimate of drug-likeness (QED) is 0.836. The van der Waals surface area contributed by atoms with Crippen molar-refractivity contribution in [3.8, 4) is 0 Å². The van der Waals surface area contributed by atoms with Crippen LogP contribution in [0.4, 0.5) is 18.9 Å². The van der Waals surface area contributed by atoms with Crippen molar-refractivity contribution in [3.63, 3.8) is 0 Å². The van der Waals surface area contributed by atoms with Crippen molar-refractivity contribution in [1.29, 1.82) is 0 Å². The monoisotopic (exact) mass is 314 g/mol. The first-order chi connectivity index (χ1) is 9.68. The lowest BCUT2D eigenvalue weighted by atomic mass is 10.1. The van der Waals surface area contributed by atoms with Crippen molar-refractivity contribution in [3.05, 3.63) is 44.9 Å². The molecule has 0 amide bonds. The van der Waals surface area contributed by atoms with Gasteiger partial charge in [-0.1, -0.05) is 6.07 Å². The highest BCUT2D eigenvalue weighted by Crippen LogP contribution is 2.34. The molecular weight excluding hydrogens is 297 g/mol. The molecule has 1 aromatic heterocycles. The molecule has 0 saturated carbocycles. The van der Waals surface area contributed by atoms with Gasteiger partial charge in [-0.15, -0.1) is 11.3 Å². The van der Waals surface area contributed by atoms with E-state index in [1.165, 1.54) is 6.07 Å². The maximum absolute atomic E-state index is 12.8. The minimum Gasteiger partial charge on any atom is -0.377 e. The molecule has 0 aliphatic heterocycles. The standard InChI is InChI=1S/C15H17F3N2S/c1-8-5-6-12(15(16,17)18)7-13(8)20-10(3)14-9(2)19-11(4)21-14/h5-7,10,20H,1-4H3. The zero-order valence-electron chi connectivity index (χ0n) is 12.3. The summed E-state index contributed by atoms with van der Waals surface area (Å²) >= 11 is 1.56. The van der Waals surface area contributed by atoms with Crippen LogP contribution in [0.2, 0.25) is 0 Å². The maximum Gasteiger partial charge on any atom is 0.416 e. The van der Waals surface area contributed by atoms with Gasteiger partial charge in [-0.25, -0.2) is 4.98 Å². The van der Waals surface area contributed by atoms with Crippen molar-refractivity contribution >= 4 is 17.0 Å². The number of anilines is 1. The van der Waals surface area contributed by atoms with Crippen LogP contribution >= 0.6 is 11.3 Å². The van der Waals surface area contributed by atoms with E-state index in [1.54, 1.807) is 18.3 Å². The van der Waals surface area contributed by atoms with Gasteiger partial charge in [0.2, 0.25) is 0 Å². The predicted octanol–water partition coefficient (Wildman–Crippen LogP) is 5.26. The van der Waals surface area contributed by atoms with Crippen LogP contribution in [0.1, 0.15) is 39.7 Å². The topological polar surface area (TPSA) is 24.9 Å². The van der Waals surface area contributed by atoms with Crippen molar-refractivity contribution in [1.82, 2.24) is 4.98 Å². The highest BCUT2D eigenvalue weighted by Gasteiger charge is 2.31. The second-order valence-corrected chi connectivity index (χ2v) is 6.31. The first-order valence-electron chi connectivity index (χ1n) is 6.57. The van der Waals surface area contributed by atoms with Gasteiger partial charge in [-0.3, -0.25) is 0 Å². The Morgan fingerprint density at radius 1 is 1.19 bits per heavy atom. The van der Waals surface area contributed by atoms with Gasteiger partial charge in [0.05, 0.1) is 22.3 Å². The SMILES string of the molecule is Cc1nc(C)c(C(C)Nc2cc(C(F)(F)F)ccc2C)s1. The fourth-order valence-corrected chi connectivity index (χ4v) is 3.13. The lowest BCUT2D eigenvalue weighted by Crippen LogP contribution is -2.10. The summed E-state index contributed by atoms with van der Waals surface area (Å²) in [6.45, 7) is 7.55. The minimum atomic E-state index is -4.33. The number of aromatic nitrogens is 1. The van der Waals surface area contributed by atoms with E-state index in [9.17, 15) is 13.2 Å². The molecule has 2 rings (SSSR count). The Kier molecular flexibility index (Phi) is 4.27. The minimum absolute atomic E-state index is 0.0848. The van der Waals surface area contributed by atoms with E-state index >= 15 is 0 Å². The number of halogens is 3. The van der Waals surface area contributed by atoms with E-state index in [4.69, 9.17) is 0 Å². The number of benzene rings is 1. The molecule has 0 aliphatic carbocycles. The van der Waals surface area contributed by atoms with Gasteiger partial charge in [0.15, 0.2) is 0 Å². The molecule has 1 atom stereocenters. The molecule has 2 aromatic rings. The number of hydrogen-bond donors (Lipinski definition) is 1. The number of rotatable bonds is 3. The molecule has 6 heteroatoms. The summed E-state index contributed by atoms with van der Waals surface area (Å²) in [6.07, 6.45) is -4.33. The Labute approximate surface area is 126 Å². The molecule has 1 N–H and O–H groups in total. The molecule has 0 aliphatic rings. The zero-order chi connectivity index (χ0) is 15.8. The van der Waals surface area contributed by atoms with Crippen LogP contribution in [0.3, 0.4) is 0 Å². The normalized spacial score (nSPS) is 13.3. The third-order valence-electron chi connectivity index (χ3n) is 3.27. The van der Waals surface area contributed by atoms with E-state index in [-0.39, 0.29) is 6.04 Å². The molecule has 0 fully saturated rings. The largest absolute Gasteiger partial charge is 0.416 e. The number of nitrogens with zero attached hydrogens (tertiary/aromatic N) is 1. The Hall–Kier alpha value is -1.56. The Morgan fingerprint density at radius 2 is 1.86 bits per heavy atom. The van der Waals surface area contributed by atoms with Gasteiger partial charge in [0, 0.05) is 10.6 Å². The lowest BCUT2D eigenvalue weighted by Gasteiger charge is -2.18. The van der Waals surface area contributed by atoms with Crippen LogP contribution < -0.4 is 5.32 Å². The highest BCUT2D eigenvalue weighted by molar-refractivity contribution is 7.11. The summed E-state index contributed by atoms with van der Waals surface area (Å²) in [4.78, 5) is 5.40. The second kappa shape index (κ2) is 5.67. The van der Waals surface area contributed by atoms with Gasteiger partial charge in [-0.05, 0) is 45.4 Å². The summed E-state index contributed by atoms with van der Waals surface area (Å²) in [5.41, 5.74) is 1.57. The summed E-state index contributed by atoms with van der Waals surface area (Å²) < 4.78 is 38.4. The Morgan fingerprint density at radius 3 is 2.38 bits per heavy atom. The molecule has 1 heterocycles. The van der Waals surface area contributed by atoms with Crippen molar-refractivity contribution in [2.75, 3.05) is 5.32 Å². The second-order valence-electron chi connectivity index (χ2n) is 5.08. The summed E-state index contributed by atoms with van der Waals surface area (Å²) in [7, 11) is 0. The van der Waals surface area contributed by atoms with Crippen molar-refractivity contribution in [2.45, 2.75) is 39.9 Å². The molecule has 1 aromatic carbocycles. The molecule has 1 unspecified atom stereocenters. The number of hydrogen-bond acceptors (Lipinski definition) is 3. The van der Waals surface area contributed by atoms with Crippen LogP contribution in [0.15, 0.2) is 18.2 Å². The summed E-state index contributed by atoms with van der Waals surface area (Å²) in [5.74, 6) is 0. The number of nitrogens with one attached hydrogen (secondary N) is 1. The molecule has 0 spiro atoms. The molecule has 0 bridgehead atoms. The average Bonchev–Trinajstić information content (AvgIpc) is 2.70. The smallest absolute Gasteiger partial charge is 0.377 e. The first kappa shape index (κ1) is 15.8. The molecule has 0 radical (unpaired) electrons. The van der Waals surface area contributed by atoms with Crippen molar-refractivity contribution in [2.24, 2.45) is 0 Å². The van der Waals surface area contributed by atoms with Gasteiger partial charge >= 0.3 is 6.18 Å². The predicted molar refractivity (Wildman–Crippen MR) is 79.8 cm³/mol. The van der Waals surface area contributed by atoms with E-state index in [1.807, 2.05) is 20.8 Å². The van der Waals surface area contributed by atoms with E-state index < -0.39 is 11.7 Å². The molecule has 21 heavy (non-hydrogen) atoms. The van der Waals surface area contributed by atoms with Gasteiger partial charge in [0.25, 0.3) is 0 Å². The van der Waals surface area contributed by atoms with Crippen LogP contribution in [0, 0.1) is 20.8 Å². The summed E-state index contributed by atoms with van der Waals surface area (Å²) in [6, 6.07) is 3.67. The number of aryl methyl sites for hydroxylation is 3. The fraction of sp³-hybridized carbons (Fsp3) is 0.400. The number of thiazole rings is 1. The van der Waals surface area contributed by atoms with E-state index in [0.717, 1.165) is 33.3 Å². The molecular formula is C15H17F3N2S. The number of alkyl halides is 3. The third kappa shape index (κ3) is 3.56. The Bertz CT molecular complexity index is 647. The fourth-order valence-electron chi connectivity index (χ4n) is 2.20. The maximum atomic E-state index is 12.8. The summed E-state index contributed by atoms with van der Waals surface area (Å²) in [5, 5.41) is 4.12. The van der Waals surface area contributed by atoms with E-state index in [0.29, 0.717) is 5.69 Å². The van der Waals surface area contributed by atoms with Crippen LogP contribution in [0.5, 0.6) is 0 Å². The first-order valence-corrected chi connectivity index (χ1v) is 7.38. The van der Waals surface area contributed by atoms with Crippen molar-refractivity contribution < 1.29 is 13.2 Å². The Balaban J connectivity index is 2.28.